The predicted octanol–water partition coefficient (Wildman–Crippen LogP) is 2.42. The molecule has 0 heterocycles. The fraction of sp³-hybridized carbons (Fsp3) is 0.200. The van der Waals surface area contributed by atoms with Crippen LogP contribution in [0.3, 0.4) is 0 Å². The fourth-order valence-corrected chi connectivity index (χ4v) is 1.42. The summed E-state index contributed by atoms with van der Waals surface area (Å²) in [4.78, 5) is 10.5. The predicted molar refractivity (Wildman–Crippen MR) is 52.1 cm³/mol. The Kier molecular flexibility index (Phi) is 3.49. The molecule has 0 saturated carbocycles. The number of aliphatic carboxylic acids is 1. The number of hydrogen-bond acceptors (Lipinski definition) is 2. The van der Waals surface area contributed by atoms with Crippen LogP contribution in [0.15, 0.2) is 24.3 Å². The lowest BCUT2D eigenvalue weighted by molar-refractivity contribution is -0.137. The second-order valence-corrected chi connectivity index (χ2v) is 3.21. The van der Waals surface area contributed by atoms with E-state index < -0.39 is 11.9 Å². The molecule has 0 aliphatic heterocycles. The van der Waals surface area contributed by atoms with E-state index in [1.165, 1.54) is 0 Å². The van der Waals surface area contributed by atoms with Gasteiger partial charge in [0, 0.05) is 5.02 Å². The topological polar surface area (TPSA) is 61.1 Å². The molecule has 14 heavy (non-hydrogen) atoms. The van der Waals surface area contributed by atoms with Crippen LogP contribution in [0.25, 0.3) is 0 Å². The number of nitriles is 1. The molecular weight excluding hydrogens is 202 g/mol. The summed E-state index contributed by atoms with van der Waals surface area (Å²) < 4.78 is 0. The molecule has 4 heteroatoms. The fourth-order valence-electron chi connectivity index (χ4n) is 1.16. The summed E-state index contributed by atoms with van der Waals surface area (Å²) in [6.07, 6.45) is -0.222. The summed E-state index contributed by atoms with van der Waals surface area (Å²) in [6.45, 7) is 0. The zero-order valence-corrected chi connectivity index (χ0v) is 8.03. The molecule has 0 fully saturated rings. The normalized spacial score (nSPS) is 11.7. The molecule has 0 aromatic heterocycles. The molecule has 1 aromatic rings. The average Bonchev–Trinajstić information content (AvgIpc) is 2.15. The third kappa shape index (κ3) is 2.48. The van der Waals surface area contributed by atoms with Gasteiger partial charge in [-0.3, -0.25) is 4.79 Å². The lowest BCUT2D eigenvalue weighted by atomic mass is 9.97. The maximum atomic E-state index is 10.5. The van der Waals surface area contributed by atoms with Crippen LogP contribution < -0.4 is 0 Å². The van der Waals surface area contributed by atoms with Gasteiger partial charge in [-0.15, -0.1) is 0 Å². The number of rotatable bonds is 3. The van der Waals surface area contributed by atoms with Crippen LogP contribution in [-0.4, -0.2) is 11.1 Å². The highest BCUT2D eigenvalue weighted by Gasteiger charge is 2.16. The van der Waals surface area contributed by atoms with Gasteiger partial charge in [0.05, 0.1) is 18.4 Å². The number of carbonyl (C=O) groups is 1. The van der Waals surface area contributed by atoms with Crippen molar-refractivity contribution < 1.29 is 9.90 Å². The Balaban J connectivity index is 2.96. The number of carboxylic acids is 1. The van der Waals surface area contributed by atoms with E-state index in [0.29, 0.717) is 10.6 Å². The van der Waals surface area contributed by atoms with Crippen molar-refractivity contribution in [2.45, 2.75) is 12.3 Å². The Hall–Kier alpha value is -1.53. The second-order valence-electron chi connectivity index (χ2n) is 2.80. The first kappa shape index (κ1) is 10.6. The Labute approximate surface area is 86.5 Å². The van der Waals surface area contributed by atoms with Gasteiger partial charge in [-0.25, -0.2) is 0 Å². The summed E-state index contributed by atoms with van der Waals surface area (Å²) in [5.41, 5.74) is 0.569. The molecule has 0 amide bonds. The van der Waals surface area contributed by atoms with E-state index in [1.54, 1.807) is 24.3 Å². The van der Waals surface area contributed by atoms with Gasteiger partial charge in [0.1, 0.15) is 0 Å². The monoisotopic (exact) mass is 209 g/mol. The molecule has 3 nitrogen and oxygen atoms in total. The van der Waals surface area contributed by atoms with Crippen molar-refractivity contribution in [3.05, 3.63) is 34.9 Å². The summed E-state index contributed by atoms with van der Waals surface area (Å²) in [5, 5.41) is 17.8. The number of carboxylic acid groups (broad SMARTS) is 1. The van der Waals surface area contributed by atoms with Gasteiger partial charge in [-0.2, -0.15) is 5.26 Å². The van der Waals surface area contributed by atoms with E-state index in [0.717, 1.165) is 0 Å². The minimum absolute atomic E-state index is 0.222. The molecule has 1 aromatic carbocycles. The molecule has 0 spiro atoms. The minimum atomic E-state index is -1.00. The van der Waals surface area contributed by atoms with Gasteiger partial charge in [0.2, 0.25) is 0 Å². The molecule has 0 radical (unpaired) electrons. The van der Waals surface area contributed by atoms with Crippen molar-refractivity contribution >= 4 is 17.6 Å². The summed E-state index contributed by atoms with van der Waals surface area (Å²) >= 11 is 5.84. The maximum Gasteiger partial charge on any atom is 0.305 e. The molecule has 0 bridgehead atoms. The van der Waals surface area contributed by atoms with Crippen LogP contribution in [0, 0.1) is 11.3 Å². The zero-order valence-electron chi connectivity index (χ0n) is 7.27. The molecule has 1 rings (SSSR count). The summed E-state index contributed by atoms with van der Waals surface area (Å²) in [6, 6.07) is 8.70. The molecular formula is C10H8ClNO2. The Morgan fingerprint density at radius 2 is 2.21 bits per heavy atom. The lowest BCUT2D eigenvalue weighted by Gasteiger charge is -2.07. The Bertz CT molecular complexity index is 384. The van der Waals surface area contributed by atoms with Gasteiger partial charge in [-0.05, 0) is 11.6 Å². The van der Waals surface area contributed by atoms with Crippen LogP contribution in [0.2, 0.25) is 5.02 Å². The van der Waals surface area contributed by atoms with Crippen molar-refractivity contribution in [2.24, 2.45) is 0 Å². The van der Waals surface area contributed by atoms with E-state index >= 15 is 0 Å². The van der Waals surface area contributed by atoms with Crippen LogP contribution in [0.5, 0.6) is 0 Å². The van der Waals surface area contributed by atoms with E-state index in [-0.39, 0.29) is 6.42 Å². The average molecular weight is 210 g/mol. The van der Waals surface area contributed by atoms with E-state index in [4.69, 9.17) is 22.0 Å². The van der Waals surface area contributed by atoms with Gasteiger partial charge in [0.15, 0.2) is 0 Å². The number of benzene rings is 1. The smallest absolute Gasteiger partial charge is 0.305 e. The third-order valence-corrected chi connectivity index (χ3v) is 2.16. The summed E-state index contributed by atoms with van der Waals surface area (Å²) in [5.74, 6) is -1.68. The second kappa shape index (κ2) is 4.64. The first-order valence-electron chi connectivity index (χ1n) is 4.01. The molecule has 0 saturated heterocycles. The van der Waals surface area contributed by atoms with Gasteiger partial charge in [0.25, 0.3) is 0 Å². The van der Waals surface area contributed by atoms with Crippen molar-refractivity contribution in [3.8, 4) is 6.07 Å². The molecule has 0 aliphatic carbocycles. The highest BCUT2D eigenvalue weighted by atomic mass is 35.5. The highest BCUT2D eigenvalue weighted by molar-refractivity contribution is 6.31. The lowest BCUT2D eigenvalue weighted by Crippen LogP contribution is -2.04. The van der Waals surface area contributed by atoms with Gasteiger partial charge in [-0.1, -0.05) is 29.8 Å². The molecule has 1 N–H and O–H groups in total. The van der Waals surface area contributed by atoms with Crippen molar-refractivity contribution in [1.82, 2.24) is 0 Å². The van der Waals surface area contributed by atoms with Crippen LogP contribution in [0.4, 0.5) is 0 Å². The quantitative estimate of drug-likeness (QED) is 0.832. The first-order valence-corrected chi connectivity index (χ1v) is 4.38. The highest BCUT2D eigenvalue weighted by Crippen LogP contribution is 2.26. The van der Waals surface area contributed by atoms with Crippen molar-refractivity contribution in [1.29, 1.82) is 5.26 Å². The molecule has 1 atom stereocenters. The number of nitrogens with zero attached hydrogens (tertiary/aromatic N) is 1. The standard InChI is InChI=1S/C10H8ClNO2/c11-9-4-2-1-3-8(9)7(6-12)5-10(13)14/h1-4,7H,5H2,(H,13,14). The van der Waals surface area contributed by atoms with Crippen molar-refractivity contribution in [3.63, 3.8) is 0 Å². The molecule has 1 unspecified atom stereocenters. The van der Waals surface area contributed by atoms with E-state index in [2.05, 4.69) is 0 Å². The Morgan fingerprint density at radius 3 is 2.71 bits per heavy atom. The molecule has 0 aliphatic rings. The van der Waals surface area contributed by atoms with Crippen LogP contribution >= 0.6 is 11.6 Å². The summed E-state index contributed by atoms with van der Waals surface area (Å²) in [7, 11) is 0. The molecule has 72 valence electrons. The van der Waals surface area contributed by atoms with E-state index in [1.807, 2.05) is 6.07 Å². The van der Waals surface area contributed by atoms with Gasteiger partial charge >= 0.3 is 5.97 Å². The zero-order chi connectivity index (χ0) is 10.6. The maximum absolute atomic E-state index is 10.5. The number of hydrogen-bond donors (Lipinski definition) is 1. The first-order chi connectivity index (χ1) is 6.65. The van der Waals surface area contributed by atoms with Crippen LogP contribution in [-0.2, 0) is 4.79 Å². The minimum Gasteiger partial charge on any atom is -0.481 e. The van der Waals surface area contributed by atoms with E-state index in [9.17, 15) is 4.79 Å². The number of halogens is 1. The largest absolute Gasteiger partial charge is 0.481 e. The van der Waals surface area contributed by atoms with Crippen LogP contribution in [0.1, 0.15) is 17.9 Å². The Morgan fingerprint density at radius 1 is 1.57 bits per heavy atom. The van der Waals surface area contributed by atoms with Crippen molar-refractivity contribution in [2.75, 3.05) is 0 Å². The van der Waals surface area contributed by atoms with Gasteiger partial charge < -0.3 is 5.11 Å². The SMILES string of the molecule is N#CC(CC(=O)O)c1ccccc1Cl. The third-order valence-electron chi connectivity index (χ3n) is 1.82.